The number of hydrogen-bond acceptors (Lipinski definition) is 5. The molecule has 6 nitrogen and oxygen atoms in total. The maximum atomic E-state index is 13.5. The maximum absolute atomic E-state index is 13.5. The normalized spacial score (nSPS) is 15.4. The summed E-state index contributed by atoms with van der Waals surface area (Å²) in [6.45, 7) is 3.75. The van der Waals surface area contributed by atoms with E-state index in [1.807, 2.05) is 24.3 Å². The van der Waals surface area contributed by atoms with Gasteiger partial charge in [0.2, 0.25) is 5.76 Å². The van der Waals surface area contributed by atoms with Gasteiger partial charge in [-0.05, 0) is 48.7 Å². The number of halogens is 1. The fourth-order valence-electron chi connectivity index (χ4n) is 4.03. The summed E-state index contributed by atoms with van der Waals surface area (Å²) in [6, 6.07) is 12.3. The third kappa shape index (κ3) is 4.32. The van der Waals surface area contributed by atoms with Crippen molar-refractivity contribution in [1.82, 2.24) is 4.90 Å². The Morgan fingerprint density at radius 2 is 1.84 bits per heavy atom. The Morgan fingerprint density at radius 1 is 1.06 bits per heavy atom. The number of rotatable bonds is 9. The average Bonchev–Trinajstić information content (AvgIpc) is 3.07. The number of methoxy groups -OCH3 is 1. The Hall–Kier alpha value is -2.64. The van der Waals surface area contributed by atoms with E-state index in [0.29, 0.717) is 42.7 Å². The number of fused-ring (bicyclic) bond motifs is 2. The van der Waals surface area contributed by atoms with E-state index in [1.165, 1.54) is 0 Å². The first kappa shape index (κ1) is 22.6. The number of carbonyl (C=O) groups excluding carboxylic acids is 1. The second-order valence-electron chi connectivity index (χ2n) is 7.83. The molecule has 1 aliphatic rings. The molecule has 0 saturated heterocycles. The summed E-state index contributed by atoms with van der Waals surface area (Å²) in [4.78, 5) is 28.5. The first-order chi connectivity index (χ1) is 15.5. The minimum atomic E-state index is -0.515. The molecule has 2 aromatic carbocycles. The molecule has 1 aromatic heterocycles. The number of hydrogen-bond donors (Lipinski definition) is 0. The molecule has 4 rings (SSSR count). The molecule has 0 aliphatic carbocycles. The highest BCUT2D eigenvalue weighted by molar-refractivity contribution is 9.10. The maximum Gasteiger partial charge on any atom is 0.290 e. The molecule has 2 heterocycles. The SMILES string of the molecule is CCCCOc1ccc(C2c3c(oc4ccc(Br)cc4c3=O)C(=O)N2CCCOC)cc1. The van der Waals surface area contributed by atoms with E-state index in [-0.39, 0.29) is 17.1 Å². The molecular formula is C25H26BrNO5. The van der Waals surface area contributed by atoms with Crippen molar-refractivity contribution in [3.8, 4) is 5.75 Å². The highest BCUT2D eigenvalue weighted by Gasteiger charge is 2.42. The zero-order valence-corrected chi connectivity index (χ0v) is 19.8. The monoisotopic (exact) mass is 499 g/mol. The topological polar surface area (TPSA) is 69.0 Å². The zero-order valence-electron chi connectivity index (χ0n) is 18.2. The molecule has 7 heteroatoms. The van der Waals surface area contributed by atoms with Crippen LogP contribution in [-0.2, 0) is 4.74 Å². The Labute approximate surface area is 195 Å². The van der Waals surface area contributed by atoms with E-state index in [4.69, 9.17) is 13.9 Å². The van der Waals surface area contributed by atoms with Gasteiger partial charge < -0.3 is 18.8 Å². The summed E-state index contributed by atoms with van der Waals surface area (Å²) in [5, 5.41) is 0.453. The molecule has 0 fully saturated rings. The summed E-state index contributed by atoms with van der Waals surface area (Å²) >= 11 is 3.42. The Bertz CT molecular complexity index is 1170. The highest BCUT2D eigenvalue weighted by atomic mass is 79.9. The number of benzene rings is 2. The summed E-state index contributed by atoms with van der Waals surface area (Å²) < 4.78 is 17.7. The van der Waals surface area contributed by atoms with Gasteiger partial charge in [-0.2, -0.15) is 0 Å². The predicted octanol–water partition coefficient (Wildman–Crippen LogP) is 5.32. The second-order valence-corrected chi connectivity index (χ2v) is 8.75. The van der Waals surface area contributed by atoms with Crippen LogP contribution in [0.2, 0.25) is 0 Å². The number of ether oxygens (including phenoxy) is 2. The lowest BCUT2D eigenvalue weighted by atomic mass is 9.98. The fourth-order valence-corrected chi connectivity index (χ4v) is 4.39. The van der Waals surface area contributed by atoms with Gasteiger partial charge in [-0.15, -0.1) is 0 Å². The van der Waals surface area contributed by atoms with Crippen molar-refractivity contribution in [2.75, 3.05) is 26.9 Å². The lowest BCUT2D eigenvalue weighted by molar-refractivity contribution is 0.0708. The lowest BCUT2D eigenvalue weighted by Gasteiger charge is -2.25. The van der Waals surface area contributed by atoms with Crippen molar-refractivity contribution >= 4 is 32.8 Å². The Kier molecular flexibility index (Phi) is 6.96. The van der Waals surface area contributed by atoms with Crippen LogP contribution in [0.1, 0.15) is 53.9 Å². The van der Waals surface area contributed by atoms with Gasteiger partial charge in [0.25, 0.3) is 5.91 Å². The number of nitrogens with zero attached hydrogens (tertiary/aromatic N) is 1. The molecule has 1 unspecified atom stereocenters. The standard InChI is InChI=1S/C25H26BrNO5/c1-3-4-14-31-18-9-6-16(7-10-18)22-21-23(28)19-15-17(26)8-11-20(19)32-24(21)25(29)27(22)12-5-13-30-2/h6-11,15,22H,3-5,12-14H2,1-2H3. The van der Waals surface area contributed by atoms with Crippen LogP contribution in [0.5, 0.6) is 5.75 Å². The van der Waals surface area contributed by atoms with Crippen LogP contribution in [0, 0.1) is 0 Å². The molecule has 0 spiro atoms. The van der Waals surface area contributed by atoms with E-state index < -0.39 is 6.04 Å². The molecule has 1 atom stereocenters. The minimum absolute atomic E-state index is 0.121. The molecular weight excluding hydrogens is 474 g/mol. The number of amides is 1. The summed E-state index contributed by atoms with van der Waals surface area (Å²) in [6.07, 6.45) is 2.71. The van der Waals surface area contributed by atoms with Crippen LogP contribution in [0.4, 0.5) is 0 Å². The quantitative estimate of drug-likeness (QED) is 0.372. The van der Waals surface area contributed by atoms with Gasteiger partial charge in [-0.1, -0.05) is 41.4 Å². The third-order valence-corrected chi connectivity index (χ3v) is 6.13. The summed E-state index contributed by atoms with van der Waals surface area (Å²) in [7, 11) is 1.63. The molecule has 1 aliphatic heterocycles. The predicted molar refractivity (Wildman–Crippen MR) is 126 cm³/mol. The molecule has 0 radical (unpaired) electrons. The van der Waals surface area contributed by atoms with Gasteiger partial charge in [0, 0.05) is 24.7 Å². The fraction of sp³-hybridized carbons (Fsp3) is 0.360. The van der Waals surface area contributed by atoms with Crippen molar-refractivity contribution in [2.24, 2.45) is 0 Å². The molecule has 1 amide bonds. The number of unbranched alkanes of at least 4 members (excludes halogenated alkanes) is 1. The van der Waals surface area contributed by atoms with E-state index >= 15 is 0 Å². The largest absolute Gasteiger partial charge is 0.494 e. The van der Waals surface area contributed by atoms with Gasteiger partial charge in [0.05, 0.1) is 23.6 Å². The van der Waals surface area contributed by atoms with Crippen molar-refractivity contribution in [3.63, 3.8) is 0 Å². The van der Waals surface area contributed by atoms with Crippen molar-refractivity contribution < 1.29 is 18.7 Å². The Balaban J connectivity index is 1.78. The van der Waals surface area contributed by atoms with Gasteiger partial charge in [-0.25, -0.2) is 0 Å². The third-order valence-electron chi connectivity index (χ3n) is 5.64. The van der Waals surface area contributed by atoms with Crippen LogP contribution < -0.4 is 10.2 Å². The van der Waals surface area contributed by atoms with Gasteiger partial charge in [0.1, 0.15) is 11.3 Å². The average molecular weight is 500 g/mol. The molecule has 3 aromatic rings. The van der Waals surface area contributed by atoms with Crippen LogP contribution in [0.15, 0.2) is 56.1 Å². The summed E-state index contributed by atoms with van der Waals surface area (Å²) in [5.74, 6) is 0.619. The van der Waals surface area contributed by atoms with E-state index in [1.54, 1.807) is 30.2 Å². The molecule has 0 bridgehead atoms. The summed E-state index contributed by atoms with van der Waals surface area (Å²) in [5.41, 5.74) is 1.46. The van der Waals surface area contributed by atoms with E-state index in [0.717, 1.165) is 28.6 Å². The first-order valence-electron chi connectivity index (χ1n) is 10.8. The van der Waals surface area contributed by atoms with E-state index in [2.05, 4.69) is 22.9 Å². The zero-order chi connectivity index (χ0) is 22.7. The van der Waals surface area contributed by atoms with Crippen molar-refractivity contribution in [2.45, 2.75) is 32.2 Å². The highest BCUT2D eigenvalue weighted by Crippen LogP contribution is 2.39. The smallest absolute Gasteiger partial charge is 0.290 e. The van der Waals surface area contributed by atoms with Crippen LogP contribution in [0.3, 0.4) is 0 Å². The Morgan fingerprint density at radius 3 is 2.56 bits per heavy atom. The molecule has 168 valence electrons. The molecule has 32 heavy (non-hydrogen) atoms. The lowest BCUT2D eigenvalue weighted by Crippen LogP contribution is -2.31. The molecule has 0 saturated carbocycles. The van der Waals surface area contributed by atoms with Crippen LogP contribution in [-0.4, -0.2) is 37.7 Å². The van der Waals surface area contributed by atoms with Gasteiger partial charge >= 0.3 is 0 Å². The van der Waals surface area contributed by atoms with Gasteiger partial charge in [-0.3, -0.25) is 9.59 Å². The van der Waals surface area contributed by atoms with Gasteiger partial charge in [0.15, 0.2) is 5.43 Å². The van der Waals surface area contributed by atoms with Crippen molar-refractivity contribution in [1.29, 1.82) is 0 Å². The molecule has 0 N–H and O–H groups in total. The van der Waals surface area contributed by atoms with Crippen LogP contribution in [0.25, 0.3) is 11.0 Å². The van der Waals surface area contributed by atoms with E-state index in [9.17, 15) is 9.59 Å². The number of carbonyl (C=O) groups is 1. The first-order valence-corrected chi connectivity index (χ1v) is 11.6. The van der Waals surface area contributed by atoms with Crippen LogP contribution >= 0.6 is 15.9 Å². The second kappa shape index (κ2) is 9.88. The van der Waals surface area contributed by atoms with Crippen molar-refractivity contribution in [3.05, 3.63) is 74.0 Å². The minimum Gasteiger partial charge on any atom is -0.494 e.